The summed E-state index contributed by atoms with van der Waals surface area (Å²) in [4.78, 5) is 10.9. The third-order valence-corrected chi connectivity index (χ3v) is 3.51. The molecule has 0 spiro atoms. The molecular formula is C18H15NO3. The molecule has 0 aliphatic carbocycles. The normalized spacial score (nSPS) is 10.4. The first kappa shape index (κ1) is 13.9. The van der Waals surface area contributed by atoms with Gasteiger partial charge in [-0.15, -0.1) is 0 Å². The number of aromatic nitrogens is 1. The molecule has 2 aromatic carbocycles. The molecule has 0 atom stereocenters. The van der Waals surface area contributed by atoms with Gasteiger partial charge in [0.05, 0.1) is 12.7 Å². The summed E-state index contributed by atoms with van der Waals surface area (Å²) < 4.78 is 7.24. The maximum atomic E-state index is 10.9. The Morgan fingerprint density at radius 1 is 1.05 bits per heavy atom. The first-order chi connectivity index (χ1) is 10.7. The first-order valence-corrected chi connectivity index (χ1v) is 6.83. The number of hydrogen-bond donors (Lipinski definition) is 1. The lowest BCUT2D eigenvalue weighted by Crippen LogP contribution is -1.94. The van der Waals surface area contributed by atoms with Crippen LogP contribution < -0.4 is 4.74 Å². The molecule has 22 heavy (non-hydrogen) atoms. The van der Waals surface area contributed by atoms with E-state index in [4.69, 9.17) is 9.84 Å². The second-order valence-corrected chi connectivity index (χ2v) is 4.89. The van der Waals surface area contributed by atoms with Crippen molar-refractivity contribution in [2.24, 2.45) is 0 Å². The molecule has 0 saturated carbocycles. The van der Waals surface area contributed by atoms with Crippen LogP contribution in [0.3, 0.4) is 0 Å². The third kappa shape index (κ3) is 2.72. The molecule has 0 radical (unpaired) electrons. The Balaban J connectivity index is 1.91. The van der Waals surface area contributed by atoms with Gasteiger partial charge in [-0.25, -0.2) is 4.79 Å². The molecule has 110 valence electrons. The van der Waals surface area contributed by atoms with Crippen molar-refractivity contribution in [1.29, 1.82) is 0 Å². The molecule has 4 heteroatoms. The lowest BCUT2D eigenvalue weighted by atomic mass is 10.1. The summed E-state index contributed by atoms with van der Waals surface area (Å²) in [5, 5.41) is 8.93. The molecule has 0 fully saturated rings. The Labute approximate surface area is 128 Å². The van der Waals surface area contributed by atoms with Gasteiger partial charge in [0.2, 0.25) is 0 Å². The van der Waals surface area contributed by atoms with Crippen LogP contribution in [-0.2, 0) is 0 Å². The van der Waals surface area contributed by atoms with Crippen molar-refractivity contribution in [3.8, 4) is 22.6 Å². The zero-order valence-corrected chi connectivity index (χ0v) is 12.1. The molecule has 3 aromatic rings. The molecule has 0 bridgehead atoms. The number of methoxy groups -OCH3 is 1. The van der Waals surface area contributed by atoms with Crippen molar-refractivity contribution in [2.75, 3.05) is 7.11 Å². The number of benzene rings is 2. The fraction of sp³-hybridized carbons (Fsp3) is 0.0556. The van der Waals surface area contributed by atoms with E-state index in [1.807, 2.05) is 59.4 Å². The van der Waals surface area contributed by atoms with E-state index in [2.05, 4.69) is 0 Å². The summed E-state index contributed by atoms with van der Waals surface area (Å²) in [6.45, 7) is 0. The van der Waals surface area contributed by atoms with E-state index in [1.54, 1.807) is 19.2 Å². The van der Waals surface area contributed by atoms with Crippen molar-refractivity contribution in [3.63, 3.8) is 0 Å². The van der Waals surface area contributed by atoms with Gasteiger partial charge in [0.15, 0.2) is 0 Å². The molecular weight excluding hydrogens is 278 g/mol. The Bertz CT molecular complexity index is 803. The van der Waals surface area contributed by atoms with E-state index >= 15 is 0 Å². The zero-order valence-electron chi connectivity index (χ0n) is 12.1. The summed E-state index contributed by atoms with van der Waals surface area (Å²) in [5.74, 6) is -0.112. The maximum absolute atomic E-state index is 10.9. The molecule has 0 unspecified atom stereocenters. The SMILES string of the molecule is COc1cccc(-n2ccc(-c3ccc(C(=O)O)cc3)c2)c1. The largest absolute Gasteiger partial charge is 0.497 e. The predicted molar refractivity (Wildman–Crippen MR) is 84.7 cm³/mol. The number of hydrogen-bond acceptors (Lipinski definition) is 2. The predicted octanol–water partition coefficient (Wildman–Crippen LogP) is 3.85. The van der Waals surface area contributed by atoms with Crippen LogP contribution in [0.4, 0.5) is 0 Å². The minimum absolute atomic E-state index is 0.288. The van der Waals surface area contributed by atoms with E-state index in [0.717, 1.165) is 22.6 Å². The summed E-state index contributed by atoms with van der Waals surface area (Å²) >= 11 is 0. The van der Waals surface area contributed by atoms with Crippen molar-refractivity contribution >= 4 is 5.97 Å². The van der Waals surface area contributed by atoms with Crippen molar-refractivity contribution < 1.29 is 14.6 Å². The van der Waals surface area contributed by atoms with Gasteiger partial charge in [-0.3, -0.25) is 0 Å². The first-order valence-electron chi connectivity index (χ1n) is 6.83. The summed E-state index contributed by atoms with van der Waals surface area (Å²) in [5.41, 5.74) is 3.30. The van der Waals surface area contributed by atoms with Gasteiger partial charge in [0, 0.05) is 24.1 Å². The quantitative estimate of drug-likeness (QED) is 0.795. The third-order valence-electron chi connectivity index (χ3n) is 3.51. The van der Waals surface area contributed by atoms with Crippen LogP contribution in [0, 0.1) is 0 Å². The van der Waals surface area contributed by atoms with Gasteiger partial charge in [0.25, 0.3) is 0 Å². The molecule has 1 N–H and O–H groups in total. The molecule has 4 nitrogen and oxygen atoms in total. The number of carboxylic acids is 1. The van der Waals surface area contributed by atoms with Crippen LogP contribution in [0.25, 0.3) is 16.8 Å². The number of nitrogens with zero attached hydrogens (tertiary/aromatic N) is 1. The van der Waals surface area contributed by atoms with Crippen LogP contribution in [0.5, 0.6) is 5.75 Å². The number of ether oxygens (including phenoxy) is 1. The Morgan fingerprint density at radius 3 is 2.50 bits per heavy atom. The minimum atomic E-state index is -0.916. The maximum Gasteiger partial charge on any atom is 0.335 e. The Morgan fingerprint density at radius 2 is 1.82 bits per heavy atom. The number of carbonyl (C=O) groups is 1. The topological polar surface area (TPSA) is 51.5 Å². The van der Waals surface area contributed by atoms with Crippen LogP contribution in [0.1, 0.15) is 10.4 Å². The number of aromatic carboxylic acids is 1. The lowest BCUT2D eigenvalue weighted by Gasteiger charge is -2.05. The van der Waals surface area contributed by atoms with Gasteiger partial charge < -0.3 is 14.4 Å². The Hall–Kier alpha value is -3.01. The van der Waals surface area contributed by atoms with Crippen LogP contribution >= 0.6 is 0 Å². The van der Waals surface area contributed by atoms with Crippen molar-refractivity contribution in [2.45, 2.75) is 0 Å². The van der Waals surface area contributed by atoms with E-state index in [1.165, 1.54) is 0 Å². The second kappa shape index (κ2) is 5.77. The molecule has 0 amide bonds. The van der Waals surface area contributed by atoms with E-state index < -0.39 is 5.97 Å². The molecule has 0 aliphatic heterocycles. The smallest absolute Gasteiger partial charge is 0.335 e. The highest BCUT2D eigenvalue weighted by molar-refractivity contribution is 5.88. The number of carboxylic acid groups (broad SMARTS) is 1. The zero-order chi connectivity index (χ0) is 15.5. The standard InChI is InChI=1S/C18H15NO3/c1-22-17-4-2-3-16(11-17)19-10-9-15(12-19)13-5-7-14(8-6-13)18(20)21/h2-12H,1H3,(H,20,21). The average molecular weight is 293 g/mol. The molecule has 3 rings (SSSR count). The van der Waals surface area contributed by atoms with Gasteiger partial charge >= 0.3 is 5.97 Å². The van der Waals surface area contributed by atoms with Gasteiger partial charge in [-0.2, -0.15) is 0 Å². The van der Waals surface area contributed by atoms with E-state index in [9.17, 15) is 4.79 Å². The monoisotopic (exact) mass is 293 g/mol. The number of rotatable bonds is 4. The van der Waals surface area contributed by atoms with Gasteiger partial charge in [-0.1, -0.05) is 18.2 Å². The molecule has 1 heterocycles. The fourth-order valence-corrected chi connectivity index (χ4v) is 2.30. The summed E-state index contributed by atoms with van der Waals surface area (Å²) in [7, 11) is 1.64. The Kier molecular flexibility index (Phi) is 3.66. The average Bonchev–Trinajstić information content (AvgIpc) is 3.05. The summed E-state index contributed by atoms with van der Waals surface area (Å²) in [6.07, 6.45) is 3.97. The fourth-order valence-electron chi connectivity index (χ4n) is 2.30. The van der Waals surface area contributed by atoms with Crippen molar-refractivity contribution in [1.82, 2.24) is 4.57 Å². The highest BCUT2D eigenvalue weighted by Crippen LogP contribution is 2.23. The van der Waals surface area contributed by atoms with E-state index in [0.29, 0.717) is 0 Å². The summed E-state index contributed by atoms with van der Waals surface area (Å²) in [6, 6.07) is 16.6. The van der Waals surface area contributed by atoms with Crippen LogP contribution in [0.15, 0.2) is 67.0 Å². The van der Waals surface area contributed by atoms with Crippen LogP contribution in [0.2, 0.25) is 0 Å². The van der Waals surface area contributed by atoms with Gasteiger partial charge in [0.1, 0.15) is 5.75 Å². The van der Waals surface area contributed by atoms with Gasteiger partial charge in [-0.05, 0) is 41.5 Å². The minimum Gasteiger partial charge on any atom is -0.497 e. The second-order valence-electron chi connectivity index (χ2n) is 4.89. The van der Waals surface area contributed by atoms with Crippen LogP contribution in [-0.4, -0.2) is 22.8 Å². The van der Waals surface area contributed by atoms with Crippen molar-refractivity contribution in [3.05, 3.63) is 72.6 Å². The molecule has 0 saturated heterocycles. The van der Waals surface area contributed by atoms with E-state index in [-0.39, 0.29) is 5.56 Å². The highest BCUT2D eigenvalue weighted by atomic mass is 16.5. The lowest BCUT2D eigenvalue weighted by molar-refractivity contribution is 0.0697. The molecule has 0 aliphatic rings. The highest BCUT2D eigenvalue weighted by Gasteiger charge is 2.05. The molecule has 1 aromatic heterocycles.